The summed E-state index contributed by atoms with van der Waals surface area (Å²) in [7, 11) is 0. The minimum atomic E-state index is -1.16. The zero-order chi connectivity index (χ0) is 16.5. The molecule has 0 bridgehead atoms. The van der Waals surface area contributed by atoms with Crippen molar-refractivity contribution < 1.29 is 18.7 Å². The molecule has 1 amide bonds. The quantitative estimate of drug-likeness (QED) is 0.918. The molecule has 2 aromatic rings. The Morgan fingerprint density at radius 3 is 2.09 bits per heavy atom. The van der Waals surface area contributed by atoms with Gasteiger partial charge in [-0.1, -0.05) is 0 Å². The molecule has 1 heterocycles. The summed E-state index contributed by atoms with van der Waals surface area (Å²) in [5.74, 6) is -1.30. The van der Waals surface area contributed by atoms with Crippen LogP contribution in [0.4, 0.5) is 19.4 Å². The Balaban J connectivity index is 2.39. The van der Waals surface area contributed by atoms with Crippen molar-refractivity contribution in [2.45, 2.75) is 26.3 Å². The fraction of sp³-hybridized carbons (Fsp3) is 0.267. The molecule has 0 atom stereocenters. The average molecular weight is 307 g/mol. The maximum atomic E-state index is 13.2. The molecular weight excluding hydrogens is 292 g/mol. The van der Waals surface area contributed by atoms with Gasteiger partial charge in [-0.05, 0) is 45.0 Å². The van der Waals surface area contributed by atoms with Gasteiger partial charge in [-0.25, -0.2) is 13.6 Å². The molecule has 2 rings (SSSR count). The van der Waals surface area contributed by atoms with Crippen molar-refractivity contribution in [3.05, 3.63) is 42.0 Å². The maximum Gasteiger partial charge on any atom is 0.413 e. The summed E-state index contributed by atoms with van der Waals surface area (Å²) in [5, 5.41) is 17.0. The topological polar surface area (TPSA) is 66.3 Å². The molecule has 0 aliphatic rings. The SMILES string of the molecule is CC(C)(C)N(C(=O)O)c1ccc(-c2cc(F)cc(F)c2)nn1. The van der Waals surface area contributed by atoms with Crippen molar-refractivity contribution in [1.82, 2.24) is 10.2 Å². The van der Waals surface area contributed by atoms with Gasteiger partial charge in [-0.3, -0.25) is 4.90 Å². The maximum absolute atomic E-state index is 13.2. The summed E-state index contributed by atoms with van der Waals surface area (Å²) in [6.45, 7) is 5.16. The molecule has 1 aromatic carbocycles. The Kier molecular flexibility index (Phi) is 4.07. The van der Waals surface area contributed by atoms with Crippen LogP contribution >= 0.6 is 0 Å². The van der Waals surface area contributed by atoms with E-state index >= 15 is 0 Å². The monoisotopic (exact) mass is 307 g/mol. The number of benzene rings is 1. The summed E-state index contributed by atoms with van der Waals surface area (Å²) >= 11 is 0. The van der Waals surface area contributed by atoms with E-state index in [-0.39, 0.29) is 17.1 Å². The Morgan fingerprint density at radius 1 is 1.09 bits per heavy atom. The Bertz CT molecular complexity index is 677. The van der Waals surface area contributed by atoms with Crippen LogP contribution in [0.1, 0.15) is 20.8 Å². The molecule has 0 unspecified atom stereocenters. The highest BCUT2D eigenvalue weighted by atomic mass is 19.1. The first-order chi connectivity index (χ1) is 10.2. The second-order valence-electron chi connectivity index (χ2n) is 5.72. The van der Waals surface area contributed by atoms with Crippen molar-refractivity contribution in [2.24, 2.45) is 0 Å². The molecule has 1 N–H and O–H groups in total. The largest absolute Gasteiger partial charge is 0.465 e. The van der Waals surface area contributed by atoms with E-state index in [2.05, 4.69) is 10.2 Å². The van der Waals surface area contributed by atoms with E-state index in [0.29, 0.717) is 0 Å². The second-order valence-corrected chi connectivity index (χ2v) is 5.72. The lowest BCUT2D eigenvalue weighted by molar-refractivity contribution is 0.195. The van der Waals surface area contributed by atoms with Crippen LogP contribution in [0.2, 0.25) is 0 Å². The molecule has 0 radical (unpaired) electrons. The lowest BCUT2D eigenvalue weighted by Crippen LogP contribution is -2.45. The third-order valence-corrected chi connectivity index (χ3v) is 2.90. The van der Waals surface area contributed by atoms with E-state index in [4.69, 9.17) is 0 Å². The van der Waals surface area contributed by atoms with Gasteiger partial charge in [0.25, 0.3) is 0 Å². The van der Waals surface area contributed by atoms with Crippen LogP contribution in [0, 0.1) is 11.6 Å². The lowest BCUT2D eigenvalue weighted by atomic mass is 10.1. The highest BCUT2D eigenvalue weighted by Gasteiger charge is 2.29. The van der Waals surface area contributed by atoms with Gasteiger partial charge >= 0.3 is 6.09 Å². The van der Waals surface area contributed by atoms with Gasteiger partial charge in [0.05, 0.1) is 5.69 Å². The first-order valence-corrected chi connectivity index (χ1v) is 6.52. The molecular formula is C15H15F2N3O2. The molecule has 7 heteroatoms. The Morgan fingerprint density at radius 2 is 1.68 bits per heavy atom. The van der Waals surface area contributed by atoms with Crippen LogP contribution in [-0.4, -0.2) is 26.9 Å². The predicted octanol–water partition coefficient (Wildman–Crippen LogP) is 3.70. The number of nitrogens with zero attached hydrogens (tertiary/aromatic N) is 3. The second kappa shape index (κ2) is 5.67. The van der Waals surface area contributed by atoms with Crippen LogP contribution in [0.3, 0.4) is 0 Å². The summed E-state index contributed by atoms with van der Waals surface area (Å²) < 4.78 is 26.4. The fourth-order valence-corrected chi connectivity index (χ4v) is 2.03. The molecule has 116 valence electrons. The molecule has 0 aliphatic heterocycles. The number of anilines is 1. The zero-order valence-electron chi connectivity index (χ0n) is 12.3. The normalized spacial score (nSPS) is 11.3. The molecule has 0 saturated heterocycles. The number of halogens is 2. The molecule has 0 saturated carbocycles. The number of amides is 1. The number of rotatable bonds is 2. The van der Waals surface area contributed by atoms with Crippen LogP contribution in [-0.2, 0) is 0 Å². The fourth-order valence-electron chi connectivity index (χ4n) is 2.03. The minimum Gasteiger partial charge on any atom is -0.465 e. The van der Waals surface area contributed by atoms with Crippen molar-refractivity contribution >= 4 is 11.9 Å². The van der Waals surface area contributed by atoms with Gasteiger partial charge in [-0.15, -0.1) is 10.2 Å². The number of aromatic nitrogens is 2. The average Bonchev–Trinajstić information content (AvgIpc) is 2.36. The van der Waals surface area contributed by atoms with Crippen molar-refractivity contribution in [3.63, 3.8) is 0 Å². The molecule has 0 fully saturated rings. The van der Waals surface area contributed by atoms with E-state index in [0.717, 1.165) is 23.1 Å². The van der Waals surface area contributed by atoms with Crippen molar-refractivity contribution in [3.8, 4) is 11.3 Å². The first-order valence-electron chi connectivity index (χ1n) is 6.52. The highest BCUT2D eigenvalue weighted by molar-refractivity contribution is 5.86. The van der Waals surface area contributed by atoms with E-state index in [1.54, 1.807) is 20.8 Å². The van der Waals surface area contributed by atoms with Crippen LogP contribution in [0.15, 0.2) is 30.3 Å². The minimum absolute atomic E-state index is 0.139. The first kappa shape index (κ1) is 15.8. The van der Waals surface area contributed by atoms with Gasteiger partial charge in [-0.2, -0.15) is 0 Å². The number of hydrogen-bond donors (Lipinski definition) is 1. The summed E-state index contributed by atoms with van der Waals surface area (Å²) in [4.78, 5) is 12.4. The third-order valence-electron chi connectivity index (χ3n) is 2.90. The number of carboxylic acid groups (broad SMARTS) is 1. The van der Waals surface area contributed by atoms with Gasteiger partial charge in [0.2, 0.25) is 0 Å². The van der Waals surface area contributed by atoms with Crippen LogP contribution in [0.5, 0.6) is 0 Å². The van der Waals surface area contributed by atoms with E-state index < -0.39 is 23.3 Å². The van der Waals surface area contributed by atoms with E-state index in [9.17, 15) is 18.7 Å². The highest BCUT2D eigenvalue weighted by Crippen LogP contribution is 2.24. The summed E-state index contributed by atoms with van der Waals surface area (Å²) in [5.41, 5.74) is -0.219. The summed E-state index contributed by atoms with van der Waals surface area (Å²) in [6, 6.07) is 5.94. The zero-order valence-corrected chi connectivity index (χ0v) is 12.3. The van der Waals surface area contributed by atoms with Gasteiger partial charge in [0, 0.05) is 17.2 Å². The number of carbonyl (C=O) groups is 1. The van der Waals surface area contributed by atoms with Crippen LogP contribution in [0.25, 0.3) is 11.3 Å². The molecule has 0 aliphatic carbocycles. The lowest BCUT2D eigenvalue weighted by Gasteiger charge is -2.31. The Labute approximate surface area is 126 Å². The number of hydrogen-bond acceptors (Lipinski definition) is 3. The van der Waals surface area contributed by atoms with E-state index in [1.807, 2.05) is 0 Å². The summed E-state index contributed by atoms with van der Waals surface area (Å²) in [6.07, 6.45) is -1.16. The molecule has 1 aromatic heterocycles. The van der Waals surface area contributed by atoms with Crippen molar-refractivity contribution in [2.75, 3.05) is 4.90 Å². The van der Waals surface area contributed by atoms with Gasteiger partial charge < -0.3 is 5.11 Å². The predicted molar refractivity (Wildman–Crippen MR) is 77.6 cm³/mol. The van der Waals surface area contributed by atoms with E-state index in [1.165, 1.54) is 12.1 Å². The van der Waals surface area contributed by atoms with Crippen LogP contribution < -0.4 is 4.90 Å². The molecule has 0 spiro atoms. The molecule has 22 heavy (non-hydrogen) atoms. The van der Waals surface area contributed by atoms with Gasteiger partial charge in [0.15, 0.2) is 5.82 Å². The molecule has 5 nitrogen and oxygen atoms in total. The third kappa shape index (κ3) is 3.36. The standard InChI is InChI=1S/C15H15F2N3O2/c1-15(2,3)20(14(21)22)13-5-4-12(18-19-13)9-6-10(16)8-11(17)7-9/h4-8H,1-3H3,(H,21,22). The van der Waals surface area contributed by atoms with Gasteiger partial charge in [0.1, 0.15) is 11.6 Å². The smallest absolute Gasteiger partial charge is 0.413 e. The van der Waals surface area contributed by atoms with Crippen molar-refractivity contribution in [1.29, 1.82) is 0 Å². The Hall–Kier alpha value is -2.57.